The number of hydroxylamine groups is 2. The first kappa shape index (κ1) is 11.7. The minimum Gasteiger partial charge on any atom is -0.300 e. The Morgan fingerprint density at radius 2 is 1.50 bits per heavy atom. The molecule has 1 fully saturated rings. The lowest BCUT2D eigenvalue weighted by molar-refractivity contribution is -0.292. The van der Waals surface area contributed by atoms with E-state index in [1.165, 1.54) is 0 Å². The summed E-state index contributed by atoms with van der Waals surface area (Å²) >= 11 is 0. The van der Waals surface area contributed by atoms with Gasteiger partial charge in [-0.05, 0) is 47.5 Å². The second-order valence-corrected chi connectivity index (χ2v) is 5.64. The van der Waals surface area contributed by atoms with Crippen LogP contribution in [0.1, 0.15) is 47.5 Å². The third kappa shape index (κ3) is 1.98. The molecule has 0 unspecified atom stereocenters. The summed E-state index contributed by atoms with van der Waals surface area (Å²) in [7, 11) is 0. The normalized spacial score (nSPS) is 27.6. The monoisotopic (exact) mass is 198 g/mol. The fourth-order valence-electron chi connectivity index (χ4n) is 2.55. The summed E-state index contributed by atoms with van der Waals surface area (Å²) in [5.41, 5.74) is -0.837. The topological polar surface area (TPSA) is 40.2 Å². The van der Waals surface area contributed by atoms with Crippen molar-refractivity contribution in [2.24, 2.45) is 5.92 Å². The van der Waals surface area contributed by atoms with E-state index in [1.807, 2.05) is 27.7 Å². The molecule has 0 saturated carbocycles. The van der Waals surface area contributed by atoms with Crippen molar-refractivity contribution in [3.8, 4) is 0 Å². The Hall–Kier alpha value is -0.410. The van der Waals surface area contributed by atoms with E-state index in [0.717, 1.165) is 5.06 Å². The Balaban J connectivity index is 2.91. The molecule has 0 amide bonds. The van der Waals surface area contributed by atoms with Gasteiger partial charge in [0.15, 0.2) is 0 Å². The van der Waals surface area contributed by atoms with Gasteiger partial charge in [-0.25, -0.2) is 0 Å². The molecule has 3 heteroatoms. The van der Waals surface area contributed by atoms with Crippen molar-refractivity contribution in [3.63, 3.8) is 0 Å². The quantitative estimate of drug-likeness (QED) is 0.648. The lowest BCUT2D eigenvalue weighted by atomic mass is 9.74. The molecular formula is C11H20NO2. The summed E-state index contributed by atoms with van der Waals surface area (Å²) in [6.07, 6.45) is 1.35. The third-order valence-electron chi connectivity index (χ3n) is 3.17. The Morgan fingerprint density at radius 1 is 1.14 bits per heavy atom. The number of carbonyl (C=O) groups excluding carboxylic acids is 1. The molecule has 0 aromatic rings. The van der Waals surface area contributed by atoms with Crippen molar-refractivity contribution in [1.29, 1.82) is 0 Å². The molecule has 1 aliphatic rings. The van der Waals surface area contributed by atoms with Crippen LogP contribution in [0.15, 0.2) is 0 Å². The number of hydrogen-bond donors (Lipinski definition) is 0. The zero-order chi connectivity index (χ0) is 11.1. The van der Waals surface area contributed by atoms with Gasteiger partial charge in [-0.2, -0.15) is 0 Å². The minimum absolute atomic E-state index is 0.0465. The summed E-state index contributed by atoms with van der Waals surface area (Å²) < 4.78 is 0. The average Bonchev–Trinajstić information content (AvgIpc) is 1.98. The van der Waals surface area contributed by atoms with E-state index in [-0.39, 0.29) is 11.7 Å². The first-order chi connectivity index (χ1) is 6.17. The van der Waals surface area contributed by atoms with Crippen molar-refractivity contribution in [3.05, 3.63) is 0 Å². The van der Waals surface area contributed by atoms with Gasteiger partial charge in [0.1, 0.15) is 5.78 Å². The van der Waals surface area contributed by atoms with Gasteiger partial charge < -0.3 is 0 Å². The number of carbonyl (C=O) groups is 1. The highest BCUT2D eigenvalue weighted by Crippen LogP contribution is 2.40. The van der Waals surface area contributed by atoms with Gasteiger partial charge in [0.05, 0.1) is 0 Å². The fraction of sp³-hybridized carbons (Fsp3) is 0.909. The van der Waals surface area contributed by atoms with E-state index in [4.69, 9.17) is 0 Å². The van der Waals surface area contributed by atoms with Crippen LogP contribution in [-0.4, -0.2) is 21.9 Å². The minimum atomic E-state index is -0.419. The van der Waals surface area contributed by atoms with E-state index < -0.39 is 11.1 Å². The van der Waals surface area contributed by atoms with E-state index in [2.05, 4.69) is 0 Å². The largest absolute Gasteiger partial charge is 0.300 e. The molecule has 3 nitrogen and oxygen atoms in total. The van der Waals surface area contributed by atoms with Crippen molar-refractivity contribution < 1.29 is 10.0 Å². The zero-order valence-electron chi connectivity index (χ0n) is 9.76. The molecule has 1 radical (unpaired) electrons. The van der Waals surface area contributed by atoms with Gasteiger partial charge in [0, 0.05) is 17.0 Å². The molecule has 1 saturated heterocycles. The Labute approximate surface area is 86.1 Å². The molecule has 81 valence electrons. The van der Waals surface area contributed by atoms with E-state index in [9.17, 15) is 10.0 Å². The molecule has 1 aliphatic heterocycles. The highest BCUT2D eigenvalue weighted by atomic mass is 16.5. The second-order valence-electron chi connectivity index (χ2n) is 5.64. The molecule has 0 aromatic carbocycles. The molecule has 0 N–H and O–H groups in total. The number of rotatable bonds is 1. The Morgan fingerprint density at radius 3 is 1.79 bits per heavy atom. The highest BCUT2D eigenvalue weighted by molar-refractivity contribution is 5.78. The van der Waals surface area contributed by atoms with Gasteiger partial charge in [-0.15, -0.1) is 10.3 Å². The average molecular weight is 198 g/mol. The molecule has 0 atom stereocenters. The molecule has 0 spiro atoms. The van der Waals surface area contributed by atoms with Crippen molar-refractivity contribution >= 4 is 5.78 Å². The SMILES string of the molecule is CC(=O)C1CC(C)(C)N([O])C(C)(C)C1. The number of hydrogen-bond acceptors (Lipinski definition) is 2. The predicted octanol–water partition coefficient (Wildman–Crippen LogP) is 2.19. The first-order valence-electron chi connectivity index (χ1n) is 5.15. The van der Waals surface area contributed by atoms with Gasteiger partial charge in [0.25, 0.3) is 0 Å². The van der Waals surface area contributed by atoms with Crippen LogP contribution in [0.25, 0.3) is 0 Å². The maximum Gasteiger partial charge on any atom is 0.133 e. The van der Waals surface area contributed by atoms with Crippen LogP contribution in [0, 0.1) is 5.92 Å². The molecule has 1 heterocycles. The van der Waals surface area contributed by atoms with Crippen LogP contribution >= 0.6 is 0 Å². The third-order valence-corrected chi connectivity index (χ3v) is 3.17. The predicted molar refractivity (Wildman–Crippen MR) is 54.1 cm³/mol. The molecule has 0 aliphatic carbocycles. The van der Waals surface area contributed by atoms with E-state index >= 15 is 0 Å². The smallest absolute Gasteiger partial charge is 0.133 e. The number of piperidine rings is 1. The van der Waals surface area contributed by atoms with Gasteiger partial charge in [-0.1, -0.05) is 0 Å². The fourth-order valence-corrected chi connectivity index (χ4v) is 2.55. The molecular weight excluding hydrogens is 178 g/mol. The zero-order valence-corrected chi connectivity index (χ0v) is 9.76. The van der Waals surface area contributed by atoms with Crippen LogP contribution < -0.4 is 0 Å². The molecule has 1 rings (SSSR count). The number of Topliss-reactive ketones (excluding diaryl/α,β-unsaturated/α-hetero) is 1. The second kappa shape index (κ2) is 3.31. The highest BCUT2D eigenvalue weighted by Gasteiger charge is 2.47. The number of nitrogens with zero attached hydrogens (tertiary/aromatic N) is 1. The summed E-state index contributed by atoms with van der Waals surface area (Å²) in [5, 5.41) is 13.1. The van der Waals surface area contributed by atoms with Crippen molar-refractivity contribution in [2.75, 3.05) is 0 Å². The summed E-state index contributed by atoms with van der Waals surface area (Å²) in [4.78, 5) is 11.4. The van der Waals surface area contributed by atoms with Crippen LogP contribution in [0.3, 0.4) is 0 Å². The number of ketones is 1. The molecule has 0 bridgehead atoms. The lowest BCUT2D eigenvalue weighted by Crippen LogP contribution is -2.59. The Kier molecular flexibility index (Phi) is 2.76. The Bertz CT molecular complexity index is 228. The molecule has 14 heavy (non-hydrogen) atoms. The maximum absolute atomic E-state index is 11.9. The summed E-state index contributed by atoms with van der Waals surface area (Å²) in [6, 6.07) is 0. The van der Waals surface area contributed by atoms with E-state index in [1.54, 1.807) is 6.92 Å². The van der Waals surface area contributed by atoms with Gasteiger partial charge in [-0.3, -0.25) is 4.79 Å². The molecule has 0 aromatic heterocycles. The van der Waals surface area contributed by atoms with Crippen LogP contribution in [0.2, 0.25) is 0 Å². The maximum atomic E-state index is 11.9. The van der Waals surface area contributed by atoms with Crippen LogP contribution in [0.4, 0.5) is 0 Å². The van der Waals surface area contributed by atoms with Crippen LogP contribution in [0.5, 0.6) is 0 Å². The lowest BCUT2D eigenvalue weighted by Gasteiger charge is -2.49. The van der Waals surface area contributed by atoms with Gasteiger partial charge >= 0.3 is 0 Å². The van der Waals surface area contributed by atoms with Crippen molar-refractivity contribution in [2.45, 2.75) is 58.5 Å². The van der Waals surface area contributed by atoms with E-state index in [0.29, 0.717) is 12.8 Å². The van der Waals surface area contributed by atoms with Gasteiger partial charge in [0.2, 0.25) is 0 Å². The summed E-state index contributed by atoms with van der Waals surface area (Å²) in [5.74, 6) is 0.254. The standard InChI is InChI=1S/C11H20NO2/c1-8(13)9-6-10(2,3)12(14)11(4,5)7-9/h9H,6-7H2,1-5H3. The summed E-state index contributed by atoms with van der Waals surface area (Å²) in [6.45, 7) is 9.28. The van der Waals surface area contributed by atoms with Crippen molar-refractivity contribution in [1.82, 2.24) is 5.06 Å². The first-order valence-corrected chi connectivity index (χ1v) is 5.15. The van der Waals surface area contributed by atoms with Crippen LogP contribution in [-0.2, 0) is 10.0 Å².